The molecule has 1 saturated heterocycles. The number of benzene rings is 1. The highest BCUT2D eigenvalue weighted by Gasteiger charge is 2.42. The molecule has 2 N–H and O–H groups in total. The van der Waals surface area contributed by atoms with Crippen LogP contribution < -0.4 is 15.0 Å². The summed E-state index contributed by atoms with van der Waals surface area (Å²) in [6.45, 7) is 1.36. The second-order valence-corrected chi connectivity index (χ2v) is 7.94. The van der Waals surface area contributed by atoms with E-state index in [1.54, 1.807) is 19.4 Å². The molecular weight excluding hydrogens is 373 g/mol. The largest absolute Gasteiger partial charge is 0.496 e. The Balaban J connectivity index is 1.38. The first kappa shape index (κ1) is 19.6. The minimum absolute atomic E-state index is 0.136. The number of amides is 1. The van der Waals surface area contributed by atoms with Crippen LogP contribution in [-0.4, -0.2) is 48.3 Å². The van der Waals surface area contributed by atoms with Crippen LogP contribution in [0.2, 0.25) is 0 Å². The Kier molecular flexibility index (Phi) is 5.67. The number of fused-ring (bicyclic) bond motifs is 1. The lowest BCUT2D eigenvalue weighted by atomic mass is 9.77. The van der Waals surface area contributed by atoms with Crippen LogP contribution in [-0.2, 0) is 11.2 Å². The van der Waals surface area contributed by atoms with Crippen molar-refractivity contribution >= 4 is 11.7 Å². The van der Waals surface area contributed by atoms with Crippen molar-refractivity contribution in [1.82, 2.24) is 10.3 Å². The van der Waals surface area contributed by atoms with Gasteiger partial charge in [0, 0.05) is 24.8 Å². The molecule has 1 aliphatic heterocycles. The number of pyridine rings is 1. The van der Waals surface area contributed by atoms with Crippen molar-refractivity contribution < 1.29 is 19.0 Å². The van der Waals surface area contributed by atoms with Gasteiger partial charge in [-0.3, -0.25) is 4.79 Å². The van der Waals surface area contributed by atoms with Crippen LogP contribution in [0.1, 0.15) is 18.4 Å². The third-order valence-corrected chi connectivity index (χ3v) is 6.07. The molecule has 0 spiro atoms. The van der Waals surface area contributed by atoms with Gasteiger partial charge in [-0.15, -0.1) is 0 Å². The summed E-state index contributed by atoms with van der Waals surface area (Å²) >= 11 is 0. The Labute approximate surface area is 169 Å². The minimum atomic E-state index is -0.605. The van der Waals surface area contributed by atoms with Gasteiger partial charge >= 0.3 is 0 Å². The van der Waals surface area contributed by atoms with Crippen LogP contribution in [0.3, 0.4) is 0 Å². The van der Waals surface area contributed by atoms with Crippen molar-refractivity contribution in [1.29, 1.82) is 0 Å². The van der Waals surface area contributed by atoms with Crippen molar-refractivity contribution in [3.8, 4) is 5.75 Å². The molecule has 1 aliphatic carbocycles. The highest BCUT2D eigenvalue weighted by Crippen LogP contribution is 2.38. The average Bonchev–Trinajstić information content (AvgIpc) is 3.11. The van der Waals surface area contributed by atoms with Gasteiger partial charge in [0.2, 0.25) is 5.91 Å². The molecule has 1 aromatic heterocycles. The summed E-state index contributed by atoms with van der Waals surface area (Å²) in [5.41, 5.74) is 0.813. The summed E-state index contributed by atoms with van der Waals surface area (Å²) in [6.07, 6.45) is 2.46. The standard InChI is InChI=1S/C22H26FN3O3/c1-29-20-7-3-2-5-14(20)11-21(28)25-18-9-15-12-26(13-16(15)10-19(18)27)22-17(23)6-4-8-24-22/h2-8,15-16,18-19,27H,9-13H2,1H3,(H,25,28)/t15-,16+,18-,19-/m0/s1. The fraction of sp³-hybridized carbons (Fsp3) is 0.455. The number of hydrogen-bond acceptors (Lipinski definition) is 5. The van der Waals surface area contributed by atoms with E-state index in [1.807, 2.05) is 29.2 Å². The molecule has 1 amide bonds. The third kappa shape index (κ3) is 4.19. The number of rotatable bonds is 5. The number of hydrogen-bond donors (Lipinski definition) is 2. The minimum Gasteiger partial charge on any atom is -0.496 e. The molecule has 2 aliphatic rings. The number of aromatic nitrogens is 1. The van der Waals surface area contributed by atoms with Gasteiger partial charge in [0.15, 0.2) is 11.6 Å². The van der Waals surface area contributed by atoms with Crippen LogP contribution >= 0.6 is 0 Å². The first-order chi connectivity index (χ1) is 14.0. The van der Waals surface area contributed by atoms with E-state index in [2.05, 4.69) is 10.3 Å². The molecule has 4 atom stereocenters. The van der Waals surface area contributed by atoms with Gasteiger partial charge in [0.05, 0.1) is 25.7 Å². The van der Waals surface area contributed by atoms with Gasteiger partial charge in [-0.2, -0.15) is 0 Å². The lowest BCUT2D eigenvalue weighted by Gasteiger charge is -2.35. The van der Waals surface area contributed by atoms with Gasteiger partial charge in [-0.25, -0.2) is 9.37 Å². The molecule has 7 heteroatoms. The van der Waals surface area contributed by atoms with Gasteiger partial charge in [-0.1, -0.05) is 18.2 Å². The second-order valence-electron chi connectivity index (χ2n) is 7.94. The van der Waals surface area contributed by atoms with Crippen molar-refractivity contribution in [2.45, 2.75) is 31.4 Å². The lowest BCUT2D eigenvalue weighted by Crippen LogP contribution is -2.49. The molecule has 0 radical (unpaired) electrons. The number of aliphatic hydroxyl groups excluding tert-OH is 1. The number of nitrogens with zero attached hydrogens (tertiary/aromatic N) is 2. The Morgan fingerprint density at radius 3 is 2.76 bits per heavy atom. The molecule has 1 aromatic carbocycles. The SMILES string of the molecule is COc1ccccc1CC(=O)N[C@H]1C[C@H]2CN(c3ncccc3F)C[C@H]2C[C@@H]1O. The molecule has 0 unspecified atom stereocenters. The number of methoxy groups -OCH3 is 1. The van der Waals surface area contributed by atoms with Crippen molar-refractivity contribution in [2.75, 3.05) is 25.1 Å². The van der Waals surface area contributed by atoms with Gasteiger partial charge in [0.25, 0.3) is 0 Å². The van der Waals surface area contributed by atoms with Gasteiger partial charge in [-0.05, 0) is 42.9 Å². The predicted octanol–water partition coefficient (Wildman–Crippen LogP) is 2.16. The normalized spacial score (nSPS) is 26.1. The smallest absolute Gasteiger partial charge is 0.224 e. The number of carbonyl (C=O) groups excluding carboxylic acids is 1. The molecule has 2 fully saturated rings. The number of ether oxygens (including phenoxy) is 1. The maximum Gasteiger partial charge on any atom is 0.224 e. The highest BCUT2D eigenvalue weighted by atomic mass is 19.1. The van der Waals surface area contributed by atoms with Crippen molar-refractivity contribution in [2.24, 2.45) is 11.8 Å². The first-order valence-corrected chi connectivity index (χ1v) is 10.00. The van der Waals surface area contributed by atoms with Crippen LogP contribution in [0.5, 0.6) is 5.75 Å². The Bertz CT molecular complexity index is 878. The second kappa shape index (κ2) is 8.37. The molecular formula is C22H26FN3O3. The maximum atomic E-state index is 14.1. The van der Waals surface area contributed by atoms with Crippen molar-refractivity contribution in [3.05, 3.63) is 54.0 Å². The number of aliphatic hydroxyl groups is 1. The molecule has 1 saturated carbocycles. The summed E-state index contributed by atoms with van der Waals surface area (Å²) < 4.78 is 19.4. The van der Waals surface area contributed by atoms with E-state index in [-0.39, 0.29) is 36.0 Å². The van der Waals surface area contributed by atoms with Crippen LogP contribution in [0.15, 0.2) is 42.6 Å². The fourth-order valence-corrected chi connectivity index (χ4v) is 4.65. The monoisotopic (exact) mass is 399 g/mol. The van der Waals surface area contributed by atoms with Crippen LogP contribution in [0.4, 0.5) is 10.2 Å². The maximum absolute atomic E-state index is 14.1. The molecule has 2 heterocycles. The molecule has 154 valence electrons. The summed E-state index contributed by atoms with van der Waals surface area (Å²) in [5, 5.41) is 13.6. The molecule has 2 aromatic rings. The lowest BCUT2D eigenvalue weighted by molar-refractivity contribution is -0.122. The topological polar surface area (TPSA) is 74.7 Å². The average molecular weight is 399 g/mol. The zero-order valence-corrected chi connectivity index (χ0v) is 16.4. The fourth-order valence-electron chi connectivity index (χ4n) is 4.65. The Hall–Kier alpha value is -2.67. The van der Waals surface area contributed by atoms with E-state index in [0.717, 1.165) is 5.56 Å². The third-order valence-electron chi connectivity index (χ3n) is 6.07. The summed E-state index contributed by atoms with van der Waals surface area (Å²) in [5.74, 6) is 1.14. The first-order valence-electron chi connectivity index (χ1n) is 10.00. The molecule has 29 heavy (non-hydrogen) atoms. The Morgan fingerprint density at radius 1 is 1.24 bits per heavy atom. The number of nitrogens with one attached hydrogen (secondary N) is 1. The van der Waals surface area contributed by atoms with E-state index >= 15 is 0 Å². The number of para-hydroxylation sites is 1. The van der Waals surface area contributed by atoms with E-state index < -0.39 is 6.10 Å². The number of anilines is 1. The van der Waals surface area contributed by atoms with E-state index in [9.17, 15) is 14.3 Å². The van der Waals surface area contributed by atoms with E-state index in [1.165, 1.54) is 6.07 Å². The molecule has 4 rings (SSSR count). The number of carbonyl (C=O) groups is 1. The van der Waals surface area contributed by atoms with Crippen LogP contribution in [0.25, 0.3) is 0 Å². The molecule has 0 bridgehead atoms. The van der Waals surface area contributed by atoms with Crippen molar-refractivity contribution in [3.63, 3.8) is 0 Å². The van der Waals surface area contributed by atoms with E-state index in [4.69, 9.17) is 4.74 Å². The quantitative estimate of drug-likeness (QED) is 0.806. The molecule has 6 nitrogen and oxygen atoms in total. The highest BCUT2D eigenvalue weighted by molar-refractivity contribution is 5.79. The van der Waals surface area contributed by atoms with Crippen LogP contribution in [0, 0.1) is 17.7 Å². The summed E-state index contributed by atoms with van der Waals surface area (Å²) in [7, 11) is 1.58. The summed E-state index contributed by atoms with van der Waals surface area (Å²) in [6, 6.07) is 10.1. The van der Waals surface area contributed by atoms with E-state index in [0.29, 0.717) is 37.5 Å². The zero-order chi connectivity index (χ0) is 20.4. The Morgan fingerprint density at radius 2 is 2.00 bits per heavy atom. The zero-order valence-electron chi connectivity index (χ0n) is 16.4. The van der Waals surface area contributed by atoms with Gasteiger partial charge < -0.3 is 20.1 Å². The predicted molar refractivity (Wildman–Crippen MR) is 107 cm³/mol. The van der Waals surface area contributed by atoms with Gasteiger partial charge in [0.1, 0.15) is 5.75 Å². The number of halogens is 1. The summed E-state index contributed by atoms with van der Waals surface area (Å²) in [4.78, 5) is 18.7.